The number of nitrogens with one attached hydrogen (secondary N) is 1. The summed E-state index contributed by atoms with van der Waals surface area (Å²) >= 11 is 0. The largest absolute Gasteiger partial charge is 0.478 e. The number of aromatic carboxylic acids is 1. The minimum atomic E-state index is -0.924. The third-order valence-electron chi connectivity index (χ3n) is 3.54. The zero-order chi connectivity index (χ0) is 13.0. The van der Waals surface area contributed by atoms with E-state index in [-0.39, 0.29) is 5.56 Å². The van der Waals surface area contributed by atoms with Crippen LogP contribution in [0.2, 0.25) is 0 Å². The first kappa shape index (κ1) is 12.9. The van der Waals surface area contributed by atoms with Crippen molar-refractivity contribution in [2.75, 3.05) is 11.9 Å². The Balaban J connectivity index is 1.91. The molecule has 0 spiro atoms. The lowest BCUT2D eigenvalue weighted by atomic mass is 9.85. The highest BCUT2D eigenvalue weighted by Gasteiger charge is 2.28. The van der Waals surface area contributed by atoms with Crippen LogP contribution in [0, 0.1) is 0 Å². The average Bonchev–Trinajstić information content (AvgIpc) is 2.38. The van der Waals surface area contributed by atoms with Gasteiger partial charge in [0, 0.05) is 12.2 Å². The van der Waals surface area contributed by atoms with E-state index in [0.29, 0.717) is 6.54 Å². The van der Waals surface area contributed by atoms with Crippen molar-refractivity contribution in [1.29, 1.82) is 0 Å². The van der Waals surface area contributed by atoms with E-state index in [0.717, 1.165) is 31.4 Å². The number of carboxylic acid groups (broad SMARTS) is 1. The fourth-order valence-corrected chi connectivity index (χ4v) is 2.38. The molecule has 0 saturated heterocycles. The Morgan fingerprint density at radius 3 is 2.33 bits per heavy atom. The highest BCUT2D eigenvalue weighted by atomic mass is 16.4. The molecule has 0 aromatic heterocycles. The summed E-state index contributed by atoms with van der Waals surface area (Å²) in [5.74, 6) is -0.924. The van der Waals surface area contributed by atoms with Gasteiger partial charge in [-0.1, -0.05) is 19.3 Å². The highest BCUT2D eigenvalue weighted by molar-refractivity contribution is 5.87. The lowest BCUT2D eigenvalue weighted by Gasteiger charge is -2.32. The van der Waals surface area contributed by atoms with Gasteiger partial charge in [-0.15, -0.1) is 0 Å². The molecule has 1 aromatic carbocycles. The molecule has 2 rings (SSSR count). The molecule has 4 nitrogen and oxygen atoms in total. The first-order valence-corrected chi connectivity index (χ1v) is 6.39. The number of hydrogen-bond donors (Lipinski definition) is 3. The molecule has 1 aliphatic rings. The fraction of sp³-hybridized carbons (Fsp3) is 0.500. The number of rotatable bonds is 4. The number of carboxylic acids is 1. The summed E-state index contributed by atoms with van der Waals surface area (Å²) in [6.45, 7) is 0.527. The molecule has 1 aliphatic carbocycles. The van der Waals surface area contributed by atoms with Crippen molar-refractivity contribution in [3.63, 3.8) is 0 Å². The van der Waals surface area contributed by atoms with Crippen molar-refractivity contribution in [2.24, 2.45) is 0 Å². The van der Waals surface area contributed by atoms with Crippen LogP contribution in [-0.4, -0.2) is 28.3 Å². The quantitative estimate of drug-likeness (QED) is 0.766. The van der Waals surface area contributed by atoms with Crippen LogP contribution in [0.3, 0.4) is 0 Å². The molecule has 0 unspecified atom stereocenters. The molecule has 1 aromatic rings. The highest BCUT2D eigenvalue weighted by Crippen LogP contribution is 2.28. The van der Waals surface area contributed by atoms with Crippen LogP contribution < -0.4 is 5.32 Å². The van der Waals surface area contributed by atoms with E-state index in [1.54, 1.807) is 24.3 Å². The van der Waals surface area contributed by atoms with E-state index in [1.807, 2.05) is 0 Å². The lowest BCUT2D eigenvalue weighted by molar-refractivity contribution is 0.0167. The summed E-state index contributed by atoms with van der Waals surface area (Å²) < 4.78 is 0. The SMILES string of the molecule is O=C(O)c1ccc(NCC2(O)CCCCC2)cc1. The molecule has 0 radical (unpaired) electrons. The van der Waals surface area contributed by atoms with E-state index in [1.165, 1.54) is 6.42 Å². The first-order chi connectivity index (χ1) is 8.59. The number of hydrogen-bond acceptors (Lipinski definition) is 3. The van der Waals surface area contributed by atoms with E-state index in [2.05, 4.69) is 5.32 Å². The predicted molar refractivity (Wildman–Crippen MR) is 69.9 cm³/mol. The van der Waals surface area contributed by atoms with Crippen molar-refractivity contribution in [1.82, 2.24) is 0 Å². The molecular weight excluding hydrogens is 230 g/mol. The van der Waals surface area contributed by atoms with E-state index < -0.39 is 11.6 Å². The van der Waals surface area contributed by atoms with Crippen LogP contribution in [-0.2, 0) is 0 Å². The molecule has 1 saturated carbocycles. The summed E-state index contributed by atoms with van der Waals surface area (Å²) in [7, 11) is 0. The Morgan fingerprint density at radius 2 is 1.78 bits per heavy atom. The van der Waals surface area contributed by atoms with Crippen LogP contribution in [0.1, 0.15) is 42.5 Å². The van der Waals surface area contributed by atoms with E-state index in [9.17, 15) is 9.90 Å². The summed E-state index contributed by atoms with van der Waals surface area (Å²) in [5.41, 5.74) is 0.514. The van der Waals surface area contributed by atoms with Gasteiger partial charge < -0.3 is 15.5 Å². The second kappa shape index (κ2) is 5.40. The minimum Gasteiger partial charge on any atom is -0.478 e. The standard InChI is InChI=1S/C14H19NO3/c16-13(17)11-4-6-12(7-5-11)15-10-14(18)8-2-1-3-9-14/h4-7,15,18H,1-3,8-10H2,(H,16,17). The predicted octanol–water partition coefficient (Wildman–Crippen LogP) is 2.49. The molecule has 0 aliphatic heterocycles. The smallest absolute Gasteiger partial charge is 0.335 e. The molecule has 0 atom stereocenters. The maximum Gasteiger partial charge on any atom is 0.335 e. The van der Waals surface area contributed by atoms with Crippen molar-refractivity contribution >= 4 is 11.7 Å². The molecule has 0 bridgehead atoms. The molecule has 1 fully saturated rings. The van der Waals surface area contributed by atoms with Crippen LogP contribution in [0.25, 0.3) is 0 Å². The molecule has 98 valence electrons. The second-order valence-electron chi connectivity index (χ2n) is 5.02. The molecule has 18 heavy (non-hydrogen) atoms. The molecule has 3 N–H and O–H groups in total. The number of anilines is 1. The molecular formula is C14H19NO3. The summed E-state index contributed by atoms with van der Waals surface area (Å²) in [4.78, 5) is 10.7. The van der Waals surface area contributed by atoms with Crippen LogP contribution in [0.5, 0.6) is 0 Å². The van der Waals surface area contributed by atoms with Crippen molar-refractivity contribution < 1.29 is 15.0 Å². The Labute approximate surface area is 107 Å². The zero-order valence-corrected chi connectivity index (χ0v) is 10.4. The van der Waals surface area contributed by atoms with Gasteiger partial charge in [0.15, 0.2) is 0 Å². The number of benzene rings is 1. The van der Waals surface area contributed by atoms with Gasteiger partial charge in [-0.2, -0.15) is 0 Å². The van der Waals surface area contributed by atoms with Crippen LogP contribution >= 0.6 is 0 Å². The minimum absolute atomic E-state index is 0.275. The Morgan fingerprint density at radius 1 is 1.17 bits per heavy atom. The lowest BCUT2D eigenvalue weighted by Crippen LogP contribution is -2.38. The second-order valence-corrected chi connectivity index (χ2v) is 5.02. The molecule has 0 amide bonds. The maximum atomic E-state index is 10.7. The van der Waals surface area contributed by atoms with E-state index in [4.69, 9.17) is 5.11 Å². The van der Waals surface area contributed by atoms with Crippen molar-refractivity contribution in [3.8, 4) is 0 Å². The van der Waals surface area contributed by atoms with Gasteiger partial charge in [0.25, 0.3) is 0 Å². The van der Waals surface area contributed by atoms with Gasteiger partial charge >= 0.3 is 5.97 Å². The third-order valence-corrected chi connectivity index (χ3v) is 3.54. The number of aliphatic hydroxyl groups is 1. The fourth-order valence-electron chi connectivity index (χ4n) is 2.38. The van der Waals surface area contributed by atoms with Crippen molar-refractivity contribution in [2.45, 2.75) is 37.7 Å². The van der Waals surface area contributed by atoms with E-state index >= 15 is 0 Å². The Hall–Kier alpha value is -1.55. The van der Waals surface area contributed by atoms with Gasteiger partial charge in [0.2, 0.25) is 0 Å². The number of carbonyl (C=O) groups is 1. The monoisotopic (exact) mass is 249 g/mol. The summed E-state index contributed by atoms with van der Waals surface area (Å²) in [6, 6.07) is 6.59. The zero-order valence-electron chi connectivity index (χ0n) is 10.4. The van der Waals surface area contributed by atoms with Gasteiger partial charge in [-0.3, -0.25) is 0 Å². The third kappa shape index (κ3) is 3.23. The van der Waals surface area contributed by atoms with Gasteiger partial charge in [0.1, 0.15) is 0 Å². The summed E-state index contributed by atoms with van der Waals surface area (Å²) in [6.07, 6.45) is 5.04. The first-order valence-electron chi connectivity index (χ1n) is 6.39. The topological polar surface area (TPSA) is 69.6 Å². The maximum absolute atomic E-state index is 10.7. The molecule has 4 heteroatoms. The van der Waals surface area contributed by atoms with Gasteiger partial charge in [-0.25, -0.2) is 4.79 Å². The van der Waals surface area contributed by atoms with Crippen molar-refractivity contribution in [3.05, 3.63) is 29.8 Å². The normalized spacial score (nSPS) is 18.3. The summed E-state index contributed by atoms with van der Waals surface area (Å²) in [5, 5.41) is 22.3. The Bertz CT molecular complexity index is 408. The molecule has 0 heterocycles. The van der Waals surface area contributed by atoms with Crippen LogP contribution in [0.4, 0.5) is 5.69 Å². The average molecular weight is 249 g/mol. The van der Waals surface area contributed by atoms with Gasteiger partial charge in [-0.05, 0) is 37.1 Å². The van der Waals surface area contributed by atoms with Crippen LogP contribution in [0.15, 0.2) is 24.3 Å². The Kier molecular flexibility index (Phi) is 3.87. The van der Waals surface area contributed by atoms with Gasteiger partial charge in [0.05, 0.1) is 11.2 Å².